The van der Waals surface area contributed by atoms with Crippen molar-refractivity contribution in [1.29, 1.82) is 0 Å². The van der Waals surface area contributed by atoms with Gasteiger partial charge in [-0.25, -0.2) is 0 Å². The van der Waals surface area contributed by atoms with Crippen molar-refractivity contribution in [2.24, 2.45) is 0 Å². The highest BCUT2D eigenvalue weighted by molar-refractivity contribution is 5.96. The van der Waals surface area contributed by atoms with Gasteiger partial charge in [0.25, 0.3) is 0 Å². The van der Waals surface area contributed by atoms with Gasteiger partial charge in [0.1, 0.15) is 0 Å². The predicted octanol–water partition coefficient (Wildman–Crippen LogP) is 2.64. The van der Waals surface area contributed by atoms with Crippen molar-refractivity contribution >= 4 is 11.5 Å². The van der Waals surface area contributed by atoms with E-state index in [-0.39, 0.29) is 5.78 Å². The number of rotatable bonds is 4. The van der Waals surface area contributed by atoms with E-state index in [1.54, 1.807) is 0 Å². The molecule has 0 atom stereocenters. The zero-order valence-corrected chi connectivity index (χ0v) is 9.25. The molecule has 2 nitrogen and oxygen atoms in total. The molecule has 0 radical (unpaired) electrons. The van der Waals surface area contributed by atoms with Gasteiger partial charge in [-0.2, -0.15) is 0 Å². The van der Waals surface area contributed by atoms with Crippen molar-refractivity contribution < 1.29 is 4.79 Å². The lowest BCUT2D eigenvalue weighted by Gasteiger charge is -2.03. The maximum atomic E-state index is 11.8. The van der Waals surface area contributed by atoms with E-state index in [0.29, 0.717) is 12.8 Å². The number of anilines is 1. The first-order chi connectivity index (χ1) is 7.81. The Hall–Kier alpha value is -1.75. The lowest BCUT2D eigenvalue weighted by atomic mass is 10.0. The van der Waals surface area contributed by atoms with Crippen molar-refractivity contribution in [3.8, 4) is 12.3 Å². The molecular weight excluding hydrogens is 198 g/mol. The van der Waals surface area contributed by atoms with Crippen molar-refractivity contribution in [3.05, 3.63) is 29.3 Å². The summed E-state index contributed by atoms with van der Waals surface area (Å²) in [6.07, 6.45) is 8.19. The zero-order chi connectivity index (χ0) is 11.4. The Bertz CT molecular complexity index is 443. The fourth-order valence-corrected chi connectivity index (χ4v) is 1.97. The minimum absolute atomic E-state index is 0.199. The molecule has 0 aliphatic carbocycles. The zero-order valence-electron chi connectivity index (χ0n) is 9.25. The van der Waals surface area contributed by atoms with Gasteiger partial charge in [0.05, 0.1) is 0 Å². The Balaban J connectivity index is 2.04. The van der Waals surface area contributed by atoms with Crippen LogP contribution in [0.15, 0.2) is 18.2 Å². The van der Waals surface area contributed by atoms with Crippen LogP contribution in [0.1, 0.15) is 35.2 Å². The summed E-state index contributed by atoms with van der Waals surface area (Å²) < 4.78 is 0. The largest absolute Gasteiger partial charge is 0.384 e. The normalized spacial score (nSPS) is 12.7. The number of ketones is 1. The number of carbonyl (C=O) groups is 1. The molecule has 1 heterocycles. The Labute approximate surface area is 96.1 Å². The summed E-state index contributed by atoms with van der Waals surface area (Å²) in [4.78, 5) is 11.8. The molecule has 1 aliphatic rings. The van der Waals surface area contributed by atoms with Gasteiger partial charge in [0.2, 0.25) is 0 Å². The van der Waals surface area contributed by atoms with Gasteiger partial charge < -0.3 is 5.32 Å². The average molecular weight is 213 g/mol. The first-order valence-corrected chi connectivity index (χ1v) is 5.65. The molecule has 0 unspecified atom stereocenters. The standard InChI is InChI=1S/C14H15NO/c1-2-3-4-5-14(16)12-6-7-13-11(10-12)8-9-15-13/h1,6-7,10,15H,3-5,8-9H2. The summed E-state index contributed by atoms with van der Waals surface area (Å²) in [5.41, 5.74) is 3.24. The van der Waals surface area contributed by atoms with E-state index in [1.165, 1.54) is 11.3 Å². The van der Waals surface area contributed by atoms with Gasteiger partial charge in [0, 0.05) is 30.6 Å². The van der Waals surface area contributed by atoms with Crippen molar-refractivity contribution in [3.63, 3.8) is 0 Å². The molecule has 1 aromatic carbocycles. The molecule has 0 saturated heterocycles. The van der Waals surface area contributed by atoms with Crippen LogP contribution in [0.2, 0.25) is 0 Å². The second-order valence-electron chi connectivity index (χ2n) is 4.03. The first kappa shape index (κ1) is 10.8. The van der Waals surface area contributed by atoms with Gasteiger partial charge in [-0.15, -0.1) is 12.3 Å². The molecule has 0 saturated carbocycles. The molecule has 1 aromatic rings. The highest BCUT2D eigenvalue weighted by atomic mass is 16.1. The van der Waals surface area contributed by atoms with E-state index in [2.05, 4.69) is 11.2 Å². The van der Waals surface area contributed by atoms with E-state index in [9.17, 15) is 4.79 Å². The van der Waals surface area contributed by atoms with Gasteiger partial charge >= 0.3 is 0 Å². The lowest BCUT2D eigenvalue weighted by Crippen LogP contribution is -1.99. The van der Waals surface area contributed by atoms with Gasteiger partial charge in [-0.3, -0.25) is 4.79 Å². The number of nitrogens with one attached hydrogen (secondary N) is 1. The predicted molar refractivity (Wildman–Crippen MR) is 65.7 cm³/mol. The first-order valence-electron chi connectivity index (χ1n) is 5.65. The number of carbonyl (C=O) groups excluding carboxylic acids is 1. The van der Waals surface area contributed by atoms with Crippen LogP contribution in [0.5, 0.6) is 0 Å². The van der Waals surface area contributed by atoms with Crippen LogP contribution >= 0.6 is 0 Å². The SMILES string of the molecule is C#CCCCC(=O)c1ccc2c(c1)CCN2. The molecule has 0 bridgehead atoms. The number of benzene rings is 1. The summed E-state index contributed by atoms with van der Waals surface area (Å²) in [6, 6.07) is 5.90. The molecule has 1 aliphatic heterocycles. The number of hydrogen-bond donors (Lipinski definition) is 1. The number of hydrogen-bond acceptors (Lipinski definition) is 2. The van der Waals surface area contributed by atoms with Crippen molar-refractivity contribution in [2.45, 2.75) is 25.7 Å². The van der Waals surface area contributed by atoms with Gasteiger partial charge in [0.15, 0.2) is 5.78 Å². The number of unbranched alkanes of at least 4 members (excludes halogenated alkanes) is 1. The third-order valence-corrected chi connectivity index (χ3v) is 2.86. The molecule has 0 spiro atoms. The van der Waals surface area contributed by atoms with E-state index >= 15 is 0 Å². The van der Waals surface area contributed by atoms with Crippen molar-refractivity contribution in [2.75, 3.05) is 11.9 Å². The van der Waals surface area contributed by atoms with Crippen LogP contribution in [0, 0.1) is 12.3 Å². The smallest absolute Gasteiger partial charge is 0.162 e. The number of fused-ring (bicyclic) bond motifs is 1. The Morgan fingerprint density at radius 3 is 3.19 bits per heavy atom. The third-order valence-electron chi connectivity index (χ3n) is 2.86. The Morgan fingerprint density at radius 1 is 1.50 bits per heavy atom. The maximum absolute atomic E-state index is 11.8. The Kier molecular flexibility index (Phi) is 3.26. The minimum atomic E-state index is 0.199. The van der Waals surface area contributed by atoms with Gasteiger partial charge in [-0.1, -0.05) is 0 Å². The lowest BCUT2D eigenvalue weighted by molar-refractivity contribution is 0.0980. The summed E-state index contributed by atoms with van der Waals surface area (Å²) in [5.74, 6) is 2.75. The molecular formula is C14H15NO. The average Bonchev–Trinajstić information content (AvgIpc) is 2.76. The highest BCUT2D eigenvalue weighted by Crippen LogP contribution is 2.23. The topological polar surface area (TPSA) is 29.1 Å². The van der Waals surface area contributed by atoms with E-state index in [4.69, 9.17) is 6.42 Å². The summed E-state index contributed by atoms with van der Waals surface area (Å²) >= 11 is 0. The van der Waals surface area contributed by atoms with Gasteiger partial charge in [-0.05, 0) is 36.6 Å². The molecule has 0 aromatic heterocycles. The van der Waals surface area contributed by atoms with Crippen LogP contribution < -0.4 is 5.32 Å². The minimum Gasteiger partial charge on any atom is -0.384 e. The number of Topliss-reactive ketones (excluding diaryl/α,β-unsaturated/α-hetero) is 1. The number of terminal acetylenes is 1. The summed E-state index contributed by atoms with van der Waals surface area (Å²) in [5, 5.41) is 3.28. The molecule has 16 heavy (non-hydrogen) atoms. The molecule has 0 fully saturated rings. The molecule has 2 rings (SSSR count). The Morgan fingerprint density at radius 2 is 2.38 bits per heavy atom. The van der Waals surface area contributed by atoms with Crippen molar-refractivity contribution in [1.82, 2.24) is 0 Å². The van der Waals surface area contributed by atoms with Crippen LogP contribution in [-0.4, -0.2) is 12.3 Å². The van der Waals surface area contributed by atoms with Crippen LogP contribution in [-0.2, 0) is 6.42 Å². The molecule has 1 N–H and O–H groups in total. The van der Waals surface area contributed by atoms with Crippen LogP contribution in [0.3, 0.4) is 0 Å². The highest BCUT2D eigenvalue weighted by Gasteiger charge is 2.12. The van der Waals surface area contributed by atoms with Crippen LogP contribution in [0.25, 0.3) is 0 Å². The molecule has 82 valence electrons. The second kappa shape index (κ2) is 4.85. The quantitative estimate of drug-likeness (QED) is 0.473. The monoisotopic (exact) mass is 213 g/mol. The summed E-state index contributed by atoms with van der Waals surface area (Å²) in [6.45, 7) is 0.976. The van der Waals surface area contributed by atoms with Crippen LogP contribution in [0.4, 0.5) is 5.69 Å². The fraction of sp³-hybridized carbons (Fsp3) is 0.357. The fourth-order valence-electron chi connectivity index (χ4n) is 1.97. The molecule has 2 heteroatoms. The maximum Gasteiger partial charge on any atom is 0.162 e. The van der Waals surface area contributed by atoms with E-state index in [0.717, 1.165) is 24.9 Å². The second-order valence-corrected chi connectivity index (χ2v) is 4.03. The molecule has 0 amide bonds. The van der Waals surface area contributed by atoms with E-state index < -0.39 is 0 Å². The summed E-state index contributed by atoms with van der Waals surface area (Å²) in [7, 11) is 0. The third kappa shape index (κ3) is 2.25. The van der Waals surface area contributed by atoms with E-state index in [1.807, 2.05) is 18.2 Å².